The molecule has 0 saturated carbocycles. The van der Waals surface area contributed by atoms with Crippen LogP contribution in [0.1, 0.15) is 33.1 Å². The fourth-order valence-electron chi connectivity index (χ4n) is 3.28. The summed E-state index contributed by atoms with van der Waals surface area (Å²) >= 11 is 10.9. The van der Waals surface area contributed by atoms with E-state index in [-0.39, 0.29) is 23.9 Å². The largest absolute Gasteiger partial charge is 0.332 e. The van der Waals surface area contributed by atoms with Gasteiger partial charge in [0.15, 0.2) is 1.43 Å². The van der Waals surface area contributed by atoms with E-state index in [1.54, 1.807) is 9.19 Å². The molecule has 156 valence electrons. The molecule has 2 unspecified atom stereocenters. The van der Waals surface area contributed by atoms with Gasteiger partial charge >= 0.3 is 0 Å². The van der Waals surface area contributed by atoms with Gasteiger partial charge in [-0.15, -0.1) is 0 Å². The van der Waals surface area contributed by atoms with E-state index in [1.807, 2.05) is 33.8 Å². The minimum atomic E-state index is -0.527. The standard InChI is InChI=1S/C18H22I5N3O2/c1-4-11-8-18(21,22)17(28)26(23)14(11)7-13(19)16(27)25(10(2)3)12-5-6-15(20)24-9-12/h4,7,10,12,15,24H,1,5-6,8-9H2,2-3H3/b13-7-. The average molecular weight is 947 g/mol. The minimum absolute atomic E-state index is 0.0169. The van der Waals surface area contributed by atoms with E-state index in [0.717, 1.165) is 30.7 Å². The second-order valence-corrected chi connectivity index (χ2v) is 16.4. The first-order valence-electron chi connectivity index (χ1n) is 8.80. The molecule has 2 aliphatic heterocycles. The molecule has 10 heteroatoms. The highest BCUT2D eigenvalue weighted by Crippen LogP contribution is 2.44. The zero-order chi connectivity index (χ0) is 21.2. The lowest BCUT2D eigenvalue weighted by atomic mass is 10.0. The van der Waals surface area contributed by atoms with Crippen LogP contribution in [0.5, 0.6) is 0 Å². The van der Waals surface area contributed by atoms with Gasteiger partial charge in [-0.2, -0.15) is 0 Å². The summed E-state index contributed by atoms with van der Waals surface area (Å²) in [6.45, 7) is 8.84. The predicted molar refractivity (Wildman–Crippen MR) is 156 cm³/mol. The Balaban J connectivity index is 2.33. The van der Waals surface area contributed by atoms with Crippen LogP contribution in [0, 0.1) is 0 Å². The zero-order valence-electron chi connectivity index (χ0n) is 15.5. The van der Waals surface area contributed by atoms with Gasteiger partial charge in [0, 0.05) is 25.0 Å². The van der Waals surface area contributed by atoms with Crippen LogP contribution in [0.25, 0.3) is 0 Å². The summed E-state index contributed by atoms with van der Waals surface area (Å²) < 4.78 is 2.17. The smallest absolute Gasteiger partial charge is 0.262 e. The van der Waals surface area contributed by atoms with Gasteiger partial charge in [0.05, 0.1) is 36.2 Å². The van der Waals surface area contributed by atoms with Crippen molar-refractivity contribution in [2.45, 2.75) is 50.7 Å². The van der Waals surface area contributed by atoms with E-state index >= 15 is 0 Å². The molecule has 1 saturated heterocycles. The molecular formula is C18H22I5N3O2. The van der Waals surface area contributed by atoms with Crippen molar-refractivity contribution in [2.24, 2.45) is 0 Å². The summed E-state index contributed by atoms with van der Waals surface area (Å²) in [4.78, 5) is 28.0. The molecule has 2 heterocycles. The highest BCUT2D eigenvalue weighted by atomic mass is 127. The SMILES string of the molecule is C=CC1=C(/C=C(\I)C(=O)N(C(C)C)C2CCC(I)NC2)N(I)C(=O)C(I)(I)C1. The summed E-state index contributed by atoms with van der Waals surface area (Å²) in [5.41, 5.74) is 1.73. The summed E-state index contributed by atoms with van der Waals surface area (Å²) in [5, 5.41) is 3.47. The van der Waals surface area contributed by atoms with E-state index < -0.39 is 1.43 Å². The van der Waals surface area contributed by atoms with Crippen LogP contribution in [0.2, 0.25) is 0 Å². The Labute approximate surface area is 235 Å². The maximum atomic E-state index is 13.3. The highest BCUT2D eigenvalue weighted by molar-refractivity contribution is 14.2. The first-order valence-corrected chi connectivity index (χ1v) is 14.2. The third-order valence-electron chi connectivity index (χ3n) is 4.67. The molecule has 0 aromatic rings. The van der Waals surface area contributed by atoms with Crippen LogP contribution in [0.3, 0.4) is 0 Å². The number of amides is 2. The Morgan fingerprint density at radius 1 is 1.39 bits per heavy atom. The molecule has 0 spiro atoms. The molecule has 1 N–H and O–H groups in total. The van der Waals surface area contributed by atoms with Crippen molar-refractivity contribution >= 4 is 125 Å². The number of hydrogen-bond donors (Lipinski definition) is 1. The first kappa shape index (κ1) is 26.0. The molecular weight excluding hydrogens is 925 g/mol. The number of nitrogens with zero attached hydrogens (tertiary/aromatic N) is 2. The van der Waals surface area contributed by atoms with Gasteiger partial charge in [-0.1, -0.05) is 80.4 Å². The number of carbonyl (C=O) groups is 2. The number of hydrogen-bond acceptors (Lipinski definition) is 3. The summed E-state index contributed by atoms with van der Waals surface area (Å²) in [7, 11) is 0. The molecule has 28 heavy (non-hydrogen) atoms. The van der Waals surface area contributed by atoms with Crippen molar-refractivity contribution in [2.75, 3.05) is 6.54 Å². The lowest BCUT2D eigenvalue weighted by Crippen LogP contribution is -2.53. The van der Waals surface area contributed by atoms with Gasteiger partial charge in [0.1, 0.15) is 0 Å². The van der Waals surface area contributed by atoms with Gasteiger partial charge in [-0.25, -0.2) is 0 Å². The lowest BCUT2D eigenvalue weighted by Gasteiger charge is -2.39. The fraction of sp³-hybridized carbons (Fsp3) is 0.556. The third-order valence-corrected chi connectivity index (χ3v) is 9.15. The Bertz CT molecular complexity index is 712. The van der Waals surface area contributed by atoms with Crippen molar-refractivity contribution in [1.29, 1.82) is 0 Å². The number of alkyl halides is 3. The van der Waals surface area contributed by atoms with E-state index in [2.05, 4.69) is 116 Å². The number of piperidine rings is 1. The minimum Gasteiger partial charge on any atom is -0.332 e. The predicted octanol–water partition coefficient (Wildman–Crippen LogP) is 5.64. The van der Waals surface area contributed by atoms with Crippen LogP contribution in [0.4, 0.5) is 0 Å². The Hall–Kier alpha value is 1.77. The van der Waals surface area contributed by atoms with Crippen LogP contribution in [0.15, 0.2) is 33.6 Å². The molecule has 5 nitrogen and oxygen atoms in total. The van der Waals surface area contributed by atoms with Crippen molar-refractivity contribution < 1.29 is 9.59 Å². The molecule has 2 rings (SSSR count). The van der Waals surface area contributed by atoms with Gasteiger partial charge < -0.3 is 10.2 Å². The average Bonchev–Trinajstić information content (AvgIpc) is 2.63. The van der Waals surface area contributed by atoms with E-state index in [1.165, 1.54) is 0 Å². The summed E-state index contributed by atoms with van der Waals surface area (Å²) in [5.74, 6) is 0.0383. The molecule has 0 aliphatic carbocycles. The maximum absolute atomic E-state index is 13.3. The van der Waals surface area contributed by atoms with Gasteiger partial charge in [-0.05, 0) is 60.9 Å². The number of allylic oxidation sites excluding steroid dienone is 3. The number of halogens is 5. The Morgan fingerprint density at radius 3 is 2.54 bits per heavy atom. The second-order valence-electron chi connectivity index (χ2n) is 6.99. The highest BCUT2D eigenvalue weighted by Gasteiger charge is 2.42. The number of nitrogens with one attached hydrogen (secondary N) is 1. The molecule has 1 fully saturated rings. The quantitative estimate of drug-likeness (QED) is 0.128. The first-order chi connectivity index (χ1) is 13.0. The number of rotatable bonds is 5. The normalized spacial score (nSPS) is 25.9. The van der Waals surface area contributed by atoms with Crippen molar-refractivity contribution in [3.63, 3.8) is 0 Å². The van der Waals surface area contributed by atoms with Gasteiger partial charge in [-0.3, -0.25) is 12.7 Å². The fourth-order valence-corrected chi connectivity index (χ4v) is 7.56. The second kappa shape index (κ2) is 11.1. The number of carbonyl (C=O) groups excluding carboxylic acids is 2. The van der Waals surface area contributed by atoms with E-state index in [9.17, 15) is 9.59 Å². The van der Waals surface area contributed by atoms with Crippen LogP contribution in [-0.2, 0) is 9.59 Å². The maximum Gasteiger partial charge on any atom is 0.262 e. The zero-order valence-corrected chi connectivity index (χ0v) is 26.3. The molecule has 0 aromatic carbocycles. The molecule has 2 atom stereocenters. The van der Waals surface area contributed by atoms with Crippen LogP contribution >= 0.6 is 113 Å². The van der Waals surface area contributed by atoms with E-state index in [4.69, 9.17) is 0 Å². The monoisotopic (exact) mass is 947 g/mol. The van der Waals surface area contributed by atoms with Crippen molar-refractivity contribution in [3.8, 4) is 0 Å². The Morgan fingerprint density at radius 2 is 2.04 bits per heavy atom. The van der Waals surface area contributed by atoms with Crippen molar-refractivity contribution in [1.82, 2.24) is 13.3 Å². The molecule has 0 aromatic heterocycles. The van der Waals surface area contributed by atoms with Crippen LogP contribution in [-0.4, -0.2) is 43.9 Å². The van der Waals surface area contributed by atoms with Crippen LogP contribution < -0.4 is 5.32 Å². The van der Waals surface area contributed by atoms with Gasteiger partial charge in [0.25, 0.3) is 11.8 Å². The molecule has 0 bridgehead atoms. The molecule has 2 amide bonds. The molecule has 2 aliphatic rings. The summed E-state index contributed by atoms with van der Waals surface area (Å²) in [6, 6.07) is 0.292. The van der Waals surface area contributed by atoms with E-state index in [0.29, 0.717) is 14.0 Å². The third kappa shape index (κ3) is 6.17. The Kier molecular flexibility index (Phi) is 10.3. The molecule has 0 radical (unpaired) electrons. The lowest BCUT2D eigenvalue weighted by molar-refractivity contribution is -0.131. The summed E-state index contributed by atoms with van der Waals surface area (Å²) in [6.07, 6.45) is 6.27. The topological polar surface area (TPSA) is 52.7 Å². The van der Waals surface area contributed by atoms with Gasteiger partial charge in [0.2, 0.25) is 0 Å². The van der Waals surface area contributed by atoms with Crippen molar-refractivity contribution in [3.05, 3.63) is 33.6 Å².